The molecule has 1 saturated heterocycles. The van der Waals surface area contributed by atoms with E-state index < -0.39 is 11.6 Å². The third kappa shape index (κ3) is 2.29. The zero-order chi connectivity index (χ0) is 13.5. The molecule has 1 saturated carbocycles. The number of carbonyl (C=O) groups is 1. The summed E-state index contributed by atoms with van der Waals surface area (Å²) in [7, 11) is 0. The summed E-state index contributed by atoms with van der Waals surface area (Å²) in [6.07, 6.45) is 4.30. The van der Waals surface area contributed by atoms with E-state index in [0.717, 1.165) is 37.5 Å². The zero-order valence-electron chi connectivity index (χ0n) is 10.6. The van der Waals surface area contributed by atoms with Crippen LogP contribution in [0.5, 0.6) is 0 Å². The van der Waals surface area contributed by atoms with Crippen molar-refractivity contribution >= 4 is 5.78 Å². The number of ether oxygens (including phenoxy) is 1. The number of halogens is 2. The molecule has 3 rings (SSSR count). The highest BCUT2D eigenvalue weighted by Gasteiger charge is 2.44. The van der Waals surface area contributed by atoms with Crippen LogP contribution in [0.1, 0.15) is 42.5 Å². The van der Waals surface area contributed by atoms with Gasteiger partial charge in [0.05, 0.1) is 11.2 Å². The minimum Gasteiger partial charge on any atom is -0.375 e. The lowest BCUT2D eigenvalue weighted by Crippen LogP contribution is -2.47. The van der Waals surface area contributed by atoms with Crippen LogP contribution in [0.15, 0.2) is 18.2 Å². The van der Waals surface area contributed by atoms with Gasteiger partial charge in [0.1, 0.15) is 11.6 Å². The second-order valence-electron chi connectivity index (χ2n) is 5.56. The molecule has 1 aromatic rings. The molecular formula is C15H16F2O2. The highest BCUT2D eigenvalue weighted by atomic mass is 19.1. The van der Waals surface area contributed by atoms with Crippen LogP contribution >= 0.6 is 0 Å². The molecule has 1 aromatic carbocycles. The first-order valence-electron chi connectivity index (χ1n) is 6.73. The summed E-state index contributed by atoms with van der Waals surface area (Å²) in [6, 6.07) is 3.05. The molecule has 0 N–H and O–H groups in total. The average molecular weight is 266 g/mol. The van der Waals surface area contributed by atoms with E-state index in [4.69, 9.17) is 4.74 Å². The van der Waals surface area contributed by atoms with Crippen LogP contribution in [0.2, 0.25) is 0 Å². The molecule has 0 amide bonds. The van der Waals surface area contributed by atoms with Crippen molar-refractivity contribution in [3.05, 3.63) is 35.4 Å². The van der Waals surface area contributed by atoms with Gasteiger partial charge in [-0.1, -0.05) is 0 Å². The lowest BCUT2D eigenvalue weighted by atomic mass is 9.70. The molecule has 2 fully saturated rings. The number of Topliss-reactive ketones (excluding diaryl/α,β-unsaturated/α-hetero) is 1. The summed E-state index contributed by atoms with van der Waals surface area (Å²) < 4.78 is 32.6. The highest BCUT2D eigenvalue weighted by molar-refractivity contribution is 5.98. The van der Waals surface area contributed by atoms with Gasteiger partial charge in [0.15, 0.2) is 5.78 Å². The first-order valence-corrected chi connectivity index (χ1v) is 6.73. The van der Waals surface area contributed by atoms with Gasteiger partial charge in [-0.15, -0.1) is 0 Å². The number of hydrogen-bond donors (Lipinski definition) is 0. The molecule has 1 unspecified atom stereocenters. The standard InChI is InChI=1S/C15H16F2O2/c16-11-2-3-13(17)12(8-11)14(18)10-4-7-19-15(9-10)5-1-6-15/h2-3,8,10H,1,4-7,9H2. The zero-order valence-corrected chi connectivity index (χ0v) is 10.6. The predicted molar refractivity (Wildman–Crippen MR) is 65.9 cm³/mol. The van der Waals surface area contributed by atoms with Crippen LogP contribution in [0.3, 0.4) is 0 Å². The molecule has 1 spiro atoms. The third-order valence-corrected chi connectivity index (χ3v) is 4.32. The number of benzene rings is 1. The van der Waals surface area contributed by atoms with E-state index in [1.165, 1.54) is 0 Å². The van der Waals surface area contributed by atoms with Crippen molar-refractivity contribution in [2.45, 2.75) is 37.7 Å². The summed E-state index contributed by atoms with van der Waals surface area (Å²) >= 11 is 0. The van der Waals surface area contributed by atoms with E-state index in [2.05, 4.69) is 0 Å². The fraction of sp³-hybridized carbons (Fsp3) is 0.533. The summed E-state index contributed by atoms with van der Waals surface area (Å²) in [5, 5.41) is 0. The molecule has 1 heterocycles. The number of hydrogen-bond acceptors (Lipinski definition) is 2. The molecule has 1 aliphatic heterocycles. The van der Waals surface area contributed by atoms with E-state index in [0.29, 0.717) is 19.4 Å². The Bertz CT molecular complexity index is 509. The normalized spacial score (nSPS) is 25.1. The van der Waals surface area contributed by atoms with Gasteiger partial charge in [-0.05, 0) is 50.3 Å². The predicted octanol–water partition coefficient (Wildman–Crippen LogP) is 3.50. The van der Waals surface area contributed by atoms with Crippen molar-refractivity contribution in [3.8, 4) is 0 Å². The van der Waals surface area contributed by atoms with Crippen LogP contribution in [-0.4, -0.2) is 18.0 Å². The Morgan fingerprint density at radius 2 is 2.11 bits per heavy atom. The van der Waals surface area contributed by atoms with Crippen molar-refractivity contribution < 1.29 is 18.3 Å². The monoisotopic (exact) mass is 266 g/mol. The van der Waals surface area contributed by atoms with Gasteiger partial charge in [-0.25, -0.2) is 8.78 Å². The second-order valence-corrected chi connectivity index (χ2v) is 5.56. The molecule has 0 radical (unpaired) electrons. The van der Waals surface area contributed by atoms with Crippen molar-refractivity contribution in [1.29, 1.82) is 0 Å². The van der Waals surface area contributed by atoms with E-state index in [1.54, 1.807) is 0 Å². The van der Waals surface area contributed by atoms with Gasteiger partial charge >= 0.3 is 0 Å². The second kappa shape index (κ2) is 4.67. The van der Waals surface area contributed by atoms with Crippen LogP contribution in [0, 0.1) is 17.6 Å². The van der Waals surface area contributed by atoms with Gasteiger partial charge in [0.25, 0.3) is 0 Å². The maximum Gasteiger partial charge on any atom is 0.169 e. The summed E-state index contributed by atoms with van der Waals surface area (Å²) in [5.41, 5.74) is -0.288. The van der Waals surface area contributed by atoms with E-state index in [9.17, 15) is 13.6 Å². The molecule has 102 valence electrons. The Balaban J connectivity index is 1.81. The number of carbonyl (C=O) groups excluding carboxylic acids is 1. The van der Waals surface area contributed by atoms with Crippen molar-refractivity contribution in [2.75, 3.05) is 6.61 Å². The summed E-state index contributed by atoms with van der Waals surface area (Å²) in [4.78, 5) is 12.3. The fourth-order valence-corrected chi connectivity index (χ4v) is 3.08. The maximum absolute atomic E-state index is 13.6. The molecule has 2 nitrogen and oxygen atoms in total. The summed E-state index contributed by atoms with van der Waals surface area (Å²) in [6.45, 7) is 0.535. The van der Waals surface area contributed by atoms with Gasteiger partial charge in [-0.3, -0.25) is 4.79 Å². The van der Waals surface area contributed by atoms with Crippen LogP contribution < -0.4 is 0 Å². The molecule has 1 aliphatic carbocycles. The molecule has 2 aliphatic rings. The summed E-state index contributed by atoms with van der Waals surface area (Å²) in [5.74, 6) is -1.74. The fourth-order valence-electron chi connectivity index (χ4n) is 3.08. The van der Waals surface area contributed by atoms with E-state index in [-0.39, 0.29) is 22.9 Å². The van der Waals surface area contributed by atoms with Crippen molar-refractivity contribution in [2.24, 2.45) is 5.92 Å². The lowest BCUT2D eigenvalue weighted by Gasteiger charge is -2.46. The van der Waals surface area contributed by atoms with Gasteiger partial charge in [0, 0.05) is 12.5 Å². The highest BCUT2D eigenvalue weighted by Crippen LogP contribution is 2.44. The van der Waals surface area contributed by atoms with Crippen molar-refractivity contribution in [3.63, 3.8) is 0 Å². The molecule has 1 atom stereocenters. The average Bonchev–Trinajstić information content (AvgIpc) is 2.39. The Kier molecular flexibility index (Phi) is 3.13. The number of ketones is 1. The van der Waals surface area contributed by atoms with Gasteiger partial charge in [-0.2, -0.15) is 0 Å². The van der Waals surface area contributed by atoms with Crippen molar-refractivity contribution in [1.82, 2.24) is 0 Å². The molecule has 4 heteroatoms. The van der Waals surface area contributed by atoms with Gasteiger partial charge in [0.2, 0.25) is 0 Å². The minimum atomic E-state index is -0.638. The largest absolute Gasteiger partial charge is 0.375 e. The Morgan fingerprint density at radius 3 is 2.79 bits per heavy atom. The van der Waals surface area contributed by atoms with Crippen LogP contribution in [0.4, 0.5) is 8.78 Å². The van der Waals surface area contributed by atoms with Gasteiger partial charge < -0.3 is 4.74 Å². The molecule has 19 heavy (non-hydrogen) atoms. The molecule has 0 aromatic heterocycles. The Morgan fingerprint density at radius 1 is 1.32 bits per heavy atom. The smallest absolute Gasteiger partial charge is 0.169 e. The first-order chi connectivity index (χ1) is 9.10. The SMILES string of the molecule is O=C(c1cc(F)ccc1F)C1CCOC2(CCC2)C1. The van der Waals surface area contributed by atoms with E-state index >= 15 is 0 Å². The number of rotatable bonds is 2. The maximum atomic E-state index is 13.6. The topological polar surface area (TPSA) is 26.3 Å². The lowest BCUT2D eigenvalue weighted by molar-refractivity contribution is -0.137. The first kappa shape index (κ1) is 12.7. The molecular weight excluding hydrogens is 250 g/mol. The Hall–Kier alpha value is -1.29. The molecule has 0 bridgehead atoms. The quantitative estimate of drug-likeness (QED) is 0.766. The van der Waals surface area contributed by atoms with Crippen LogP contribution in [0.25, 0.3) is 0 Å². The van der Waals surface area contributed by atoms with E-state index in [1.807, 2.05) is 0 Å². The third-order valence-electron chi connectivity index (χ3n) is 4.32. The Labute approximate surface area is 110 Å². The van der Waals surface area contributed by atoms with Crippen LogP contribution in [-0.2, 0) is 4.74 Å². The minimum absolute atomic E-state index is 0.124.